The van der Waals surface area contributed by atoms with Gasteiger partial charge in [-0.2, -0.15) is 0 Å². The Labute approximate surface area is 40.9 Å². The number of hydrogen-bond acceptors (Lipinski definition) is 1. The van der Waals surface area contributed by atoms with E-state index in [1.165, 1.54) is 9.75 Å². The topological polar surface area (TPSA) is 0 Å². The van der Waals surface area contributed by atoms with E-state index in [-0.39, 0.29) is 0 Å². The number of rotatable bonds is 1. The van der Waals surface area contributed by atoms with E-state index in [1.54, 1.807) is 0 Å². The zero-order valence-electron chi connectivity index (χ0n) is 3.10. The fraction of sp³-hybridized carbons (Fsp3) is 1.00. The second-order valence-electron chi connectivity index (χ2n) is 0.671. The summed E-state index contributed by atoms with van der Waals surface area (Å²) in [5.74, 6) is 0. The molecule has 0 fully saturated rings. The van der Waals surface area contributed by atoms with E-state index >= 15 is 0 Å². The van der Waals surface area contributed by atoms with Crippen molar-refractivity contribution in [1.29, 1.82) is 0 Å². The summed E-state index contributed by atoms with van der Waals surface area (Å²) in [5.41, 5.74) is 0. The Morgan fingerprint density at radius 2 is 2.60 bits per heavy atom. The van der Waals surface area contributed by atoms with Crippen molar-refractivity contribution in [3.05, 3.63) is 0 Å². The van der Waals surface area contributed by atoms with Gasteiger partial charge in [0.1, 0.15) is 0 Å². The molecule has 0 atom stereocenters. The van der Waals surface area contributed by atoms with E-state index in [0.29, 0.717) is 0 Å². The third kappa shape index (κ3) is 4.50. The molecule has 3 heteroatoms. The predicted octanol–water partition coefficient (Wildman–Crippen LogP) is 0.588. The molecule has 5 heavy (non-hydrogen) atoms. The van der Waals surface area contributed by atoms with E-state index in [1.807, 2.05) is 6.15 Å². The molecule has 0 N–H and O–H groups in total. The van der Waals surface area contributed by atoms with Crippen molar-refractivity contribution >= 4 is 27.1 Å². The van der Waals surface area contributed by atoms with E-state index < -0.39 is 0 Å². The van der Waals surface area contributed by atoms with Crippen molar-refractivity contribution in [1.82, 2.24) is 0 Å². The summed E-state index contributed by atoms with van der Waals surface area (Å²) in [4.78, 5) is 0. The normalized spacial score (nSPS) is 5.80. The molecule has 0 rings (SSSR count). The summed E-state index contributed by atoms with van der Waals surface area (Å²) in [6, 6.07) is 0. The van der Waals surface area contributed by atoms with Crippen LogP contribution in [0.15, 0.2) is 0 Å². The molecule has 0 saturated heterocycles. The Morgan fingerprint density at radius 1 is 2.00 bits per heavy atom. The maximum absolute atomic E-state index is 4.51. The van der Waals surface area contributed by atoms with Gasteiger partial charge in [-0.05, 0) is 0 Å². The Kier molecular flexibility index (Phi) is 4.96. The molecule has 0 saturated carbocycles. The van der Waals surface area contributed by atoms with Crippen molar-refractivity contribution in [3.8, 4) is 0 Å². The summed E-state index contributed by atoms with van der Waals surface area (Å²) in [6.07, 6.45) is 3.06. The number of hydrogen-bond donors (Lipinski definition) is 0. The molecule has 0 aliphatic carbocycles. The molecule has 0 aromatic carbocycles. The van der Waals surface area contributed by atoms with E-state index in [9.17, 15) is 0 Å². The Balaban J connectivity index is 2.93. The molecule has 0 unspecified atom stereocenters. The average molecular weight is 104 g/mol. The second-order valence-corrected chi connectivity index (χ2v) is 1.77. The van der Waals surface area contributed by atoms with Gasteiger partial charge in [0.15, 0.2) is 0 Å². The zero-order valence-corrected chi connectivity index (χ0v) is 4.73. The minimum atomic E-state index is 1.08. The molecule has 0 spiro atoms. The molecule has 28 valence electrons. The zero-order chi connectivity index (χ0) is 4.12. The monoisotopic (exact) mass is 104 g/mol. The van der Waals surface area contributed by atoms with Crippen LogP contribution in [0, 0.1) is 0 Å². The van der Waals surface area contributed by atoms with Crippen molar-refractivity contribution in [2.45, 2.75) is 13.2 Å². The van der Waals surface area contributed by atoms with Gasteiger partial charge in [0.25, 0.3) is 0 Å². The maximum atomic E-state index is 4.51. The molecule has 0 aliphatic rings. The van der Waals surface area contributed by atoms with Crippen molar-refractivity contribution < 1.29 is 0 Å². The van der Waals surface area contributed by atoms with Crippen LogP contribution in [0.5, 0.6) is 0 Å². The van der Waals surface area contributed by atoms with Gasteiger partial charge in [0, 0.05) is 0 Å². The fourth-order valence-electron chi connectivity index (χ4n) is 0.0680. The van der Waals surface area contributed by atoms with Crippen LogP contribution in [-0.2, 0) is 20.9 Å². The van der Waals surface area contributed by atoms with Gasteiger partial charge in [0.05, 0.1) is 0 Å². The summed E-state index contributed by atoms with van der Waals surface area (Å²) in [5, 5.41) is 0. The van der Waals surface area contributed by atoms with Crippen LogP contribution in [0.3, 0.4) is 0 Å². The van der Waals surface area contributed by atoms with Crippen molar-refractivity contribution in [2.24, 2.45) is 0 Å². The van der Waals surface area contributed by atoms with Crippen LogP contribution >= 0.6 is 0 Å². The first-order valence-electron chi connectivity index (χ1n) is 1.52. The minimum absolute atomic E-state index is 1.08. The molecular formula is C2H5BS2. The van der Waals surface area contributed by atoms with Gasteiger partial charge in [-0.15, -0.1) is 0 Å². The Morgan fingerprint density at radius 3 is 2.60 bits per heavy atom. The van der Waals surface area contributed by atoms with Crippen LogP contribution < -0.4 is 0 Å². The SMILES string of the molecule is CCB=S=S. The van der Waals surface area contributed by atoms with Gasteiger partial charge in [0.2, 0.25) is 0 Å². The summed E-state index contributed by atoms with van der Waals surface area (Å²) >= 11 is 4.51. The van der Waals surface area contributed by atoms with Crippen molar-refractivity contribution in [3.63, 3.8) is 0 Å². The molecule has 0 radical (unpaired) electrons. The second kappa shape index (κ2) is 4.50. The van der Waals surface area contributed by atoms with E-state index in [2.05, 4.69) is 18.1 Å². The Hall–Kier alpha value is 0.505. The molecule has 0 aromatic rings. The first kappa shape index (κ1) is 5.50. The van der Waals surface area contributed by atoms with Crippen LogP contribution in [0.25, 0.3) is 0 Å². The molecule has 0 bridgehead atoms. The van der Waals surface area contributed by atoms with Crippen LogP contribution in [0.4, 0.5) is 0 Å². The van der Waals surface area contributed by atoms with Gasteiger partial charge in [-0.25, -0.2) is 0 Å². The van der Waals surface area contributed by atoms with Gasteiger partial charge in [-0.3, -0.25) is 0 Å². The summed E-state index contributed by atoms with van der Waals surface area (Å²) in [6.45, 7) is 2.07. The van der Waals surface area contributed by atoms with Crippen molar-refractivity contribution in [2.75, 3.05) is 0 Å². The Bertz CT molecular complexity index is 54.7. The predicted molar refractivity (Wildman–Crippen MR) is 31.0 cm³/mol. The van der Waals surface area contributed by atoms with E-state index in [4.69, 9.17) is 0 Å². The first-order valence-corrected chi connectivity index (χ1v) is 3.32. The molecule has 0 aromatic heterocycles. The summed E-state index contributed by atoms with van der Waals surface area (Å²) < 4.78 is 0. The van der Waals surface area contributed by atoms with Crippen LogP contribution in [0.1, 0.15) is 6.92 Å². The average Bonchev–Trinajstić information content (AvgIpc) is 1.41. The molecular weight excluding hydrogens is 99.0 g/mol. The van der Waals surface area contributed by atoms with Gasteiger partial charge < -0.3 is 0 Å². The standard InChI is InChI=1S/C2H5BS2/c1-2-3-5-4/h2H2,1H3. The fourth-order valence-corrected chi connectivity index (χ4v) is 0.612. The van der Waals surface area contributed by atoms with Crippen LogP contribution in [0.2, 0.25) is 6.32 Å². The molecule has 0 heterocycles. The van der Waals surface area contributed by atoms with Gasteiger partial charge in [-0.1, -0.05) is 0 Å². The van der Waals surface area contributed by atoms with Gasteiger partial charge >= 0.3 is 40.3 Å². The summed E-state index contributed by atoms with van der Waals surface area (Å²) in [7, 11) is 1.36. The molecule has 0 nitrogen and oxygen atoms in total. The first-order chi connectivity index (χ1) is 2.41. The third-order valence-electron chi connectivity index (χ3n) is 0.235. The quantitative estimate of drug-likeness (QED) is 0.438. The van der Waals surface area contributed by atoms with E-state index in [0.717, 1.165) is 6.32 Å². The van der Waals surface area contributed by atoms with Crippen LogP contribution in [-0.4, -0.2) is 6.15 Å². The third-order valence-corrected chi connectivity index (χ3v) is 1.11. The molecule has 0 amide bonds. The molecule has 0 aliphatic heterocycles.